The monoisotopic (exact) mass is 265 g/mol. The summed E-state index contributed by atoms with van der Waals surface area (Å²) < 4.78 is 0. The fraction of sp³-hybridized carbons (Fsp3) is 0.667. The SMILES string of the molecule is CN(C)C=O.[Os]. The van der Waals surface area contributed by atoms with Crippen LogP contribution in [-0.4, -0.2) is 25.4 Å². The maximum Gasteiger partial charge on any atom is 0.209 e. The van der Waals surface area contributed by atoms with Crippen molar-refractivity contribution in [2.24, 2.45) is 0 Å². The van der Waals surface area contributed by atoms with E-state index in [0.29, 0.717) is 0 Å². The minimum Gasteiger partial charge on any atom is -0.351 e. The molecule has 0 aliphatic rings. The molecule has 3 heteroatoms. The summed E-state index contributed by atoms with van der Waals surface area (Å²) in [7, 11) is 3.38. The fourth-order valence-corrected chi connectivity index (χ4v) is 0. The molecule has 38 valence electrons. The number of hydrogen-bond donors (Lipinski definition) is 0. The predicted octanol–water partition coefficient (Wildman–Crippen LogP) is -0.298. The van der Waals surface area contributed by atoms with Gasteiger partial charge in [-0.25, -0.2) is 0 Å². The molecule has 0 aromatic carbocycles. The molecule has 0 saturated carbocycles. The first kappa shape index (κ1) is 9.44. The standard InChI is InChI=1S/C3H7NO.Os/c1-4(2)3-5;/h3H,1-2H3;. The van der Waals surface area contributed by atoms with Gasteiger partial charge in [-0.15, -0.1) is 0 Å². The average Bonchev–Trinajstić information content (AvgIpc) is 1.38. The maximum atomic E-state index is 9.43. The largest absolute Gasteiger partial charge is 0.351 e. The normalized spacial score (nSPS) is 5.67. The van der Waals surface area contributed by atoms with Gasteiger partial charge in [0.1, 0.15) is 0 Å². The second-order valence-electron chi connectivity index (χ2n) is 1.07. The van der Waals surface area contributed by atoms with Crippen LogP contribution in [-0.2, 0) is 24.6 Å². The van der Waals surface area contributed by atoms with Crippen LogP contribution < -0.4 is 0 Å². The maximum absolute atomic E-state index is 9.43. The summed E-state index contributed by atoms with van der Waals surface area (Å²) in [6.45, 7) is 0. The Morgan fingerprint density at radius 3 is 1.67 bits per heavy atom. The van der Waals surface area contributed by atoms with Crippen molar-refractivity contribution in [2.45, 2.75) is 0 Å². The molecular formula is C3H7NOOs. The van der Waals surface area contributed by atoms with E-state index in [1.807, 2.05) is 0 Å². The molecule has 0 unspecified atom stereocenters. The number of rotatable bonds is 1. The van der Waals surface area contributed by atoms with E-state index in [1.165, 1.54) is 4.90 Å². The van der Waals surface area contributed by atoms with Gasteiger partial charge in [-0.2, -0.15) is 0 Å². The fourth-order valence-electron chi connectivity index (χ4n) is 0. The van der Waals surface area contributed by atoms with Crippen molar-refractivity contribution in [2.75, 3.05) is 14.1 Å². The Morgan fingerprint density at radius 2 is 1.67 bits per heavy atom. The van der Waals surface area contributed by atoms with Gasteiger partial charge in [0.15, 0.2) is 0 Å². The van der Waals surface area contributed by atoms with Gasteiger partial charge < -0.3 is 4.90 Å². The van der Waals surface area contributed by atoms with Crippen LogP contribution in [0.15, 0.2) is 0 Å². The molecule has 0 N–H and O–H groups in total. The van der Waals surface area contributed by atoms with Crippen LogP contribution >= 0.6 is 0 Å². The van der Waals surface area contributed by atoms with Crippen LogP contribution in [0, 0.1) is 0 Å². The van der Waals surface area contributed by atoms with E-state index in [4.69, 9.17) is 0 Å². The molecule has 2 nitrogen and oxygen atoms in total. The molecule has 0 atom stereocenters. The number of amides is 1. The Kier molecular flexibility index (Phi) is 8.04. The summed E-state index contributed by atoms with van der Waals surface area (Å²) in [5, 5.41) is 0. The first-order chi connectivity index (χ1) is 2.27. The molecule has 0 fully saturated rings. The molecule has 1 amide bonds. The van der Waals surface area contributed by atoms with Crippen LogP contribution in [0.4, 0.5) is 0 Å². The second kappa shape index (κ2) is 5.11. The molecule has 0 rings (SSSR count). The molecule has 0 spiro atoms. The number of carbonyl (C=O) groups is 1. The average molecular weight is 263 g/mol. The van der Waals surface area contributed by atoms with Gasteiger partial charge in [0.2, 0.25) is 6.41 Å². The Balaban J connectivity index is 0. The van der Waals surface area contributed by atoms with E-state index in [1.54, 1.807) is 14.1 Å². The molecule has 0 aliphatic carbocycles. The molecule has 0 saturated heterocycles. The van der Waals surface area contributed by atoms with Crippen LogP contribution in [0.2, 0.25) is 0 Å². The quantitative estimate of drug-likeness (QED) is 0.595. The van der Waals surface area contributed by atoms with Gasteiger partial charge in [-0.3, -0.25) is 4.79 Å². The van der Waals surface area contributed by atoms with Crippen molar-refractivity contribution < 1.29 is 24.6 Å². The van der Waals surface area contributed by atoms with E-state index < -0.39 is 0 Å². The molecule has 0 aliphatic heterocycles. The van der Waals surface area contributed by atoms with Crippen molar-refractivity contribution in [3.8, 4) is 0 Å². The van der Waals surface area contributed by atoms with E-state index in [2.05, 4.69) is 0 Å². The van der Waals surface area contributed by atoms with E-state index in [0.717, 1.165) is 6.41 Å². The summed E-state index contributed by atoms with van der Waals surface area (Å²) >= 11 is 0. The van der Waals surface area contributed by atoms with Gasteiger partial charge in [-0.05, 0) is 0 Å². The number of carbonyl (C=O) groups excluding carboxylic acids is 1. The Bertz CT molecular complexity index is 37.8. The minimum absolute atomic E-state index is 0. The zero-order chi connectivity index (χ0) is 4.28. The van der Waals surface area contributed by atoms with E-state index in [-0.39, 0.29) is 19.8 Å². The summed E-state index contributed by atoms with van der Waals surface area (Å²) in [4.78, 5) is 10.9. The van der Waals surface area contributed by atoms with Crippen molar-refractivity contribution in [3.05, 3.63) is 0 Å². The zero-order valence-corrected chi connectivity index (χ0v) is 6.33. The minimum atomic E-state index is 0. The summed E-state index contributed by atoms with van der Waals surface area (Å²) in [5.74, 6) is 0. The van der Waals surface area contributed by atoms with Crippen molar-refractivity contribution in [1.82, 2.24) is 4.90 Å². The van der Waals surface area contributed by atoms with Crippen LogP contribution in [0.5, 0.6) is 0 Å². The summed E-state index contributed by atoms with van der Waals surface area (Å²) in [6, 6.07) is 0. The third-order valence-corrected chi connectivity index (χ3v) is 0.211. The molecule has 0 heterocycles. The molecule has 0 aromatic rings. The van der Waals surface area contributed by atoms with E-state index >= 15 is 0 Å². The molecule has 0 bridgehead atoms. The predicted molar refractivity (Wildman–Crippen MR) is 19.8 cm³/mol. The summed E-state index contributed by atoms with van der Waals surface area (Å²) in [5.41, 5.74) is 0. The third-order valence-electron chi connectivity index (χ3n) is 0.211. The Hall–Kier alpha value is 0.106. The molecule has 0 radical (unpaired) electrons. The number of hydrogen-bond acceptors (Lipinski definition) is 1. The molecule has 6 heavy (non-hydrogen) atoms. The molecule has 0 aromatic heterocycles. The van der Waals surface area contributed by atoms with Crippen LogP contribution in [0.25, 0.3) is 0 Å². The Morgan fingerprint density at radius 1 is 1.50 bits per heavy atom. The van der Waals surface area contributed by atoms with Crippen molar-refractivity contribution >= 4 is 6.41 Å². The van der Waals surface area contributed by atoms with Crippen LogP contribution in [0.3, 0.4) is 0 Å². The van der Waals surface area contributed by atoms with Crippen molar-refractivity contribution in [1.29, 1.82) is 0 Å². The van der Waals surface area contributed by atoms with Gasteiger partial charge in [-0.1, -0.05) is 0 Å². The number of nitrogens with zero attached hydrogens (tertiary/aromatic N) is 1. The smallest absolute Gasteiger partial charge is 0.209 e. The topological polar surface area (TPSA) is 20.3 Å². The van der Waals surface area contributed by atoms with Gasteiger partial charge >= 0.3 is 0 Å². The second-order valence-corrected chi connectivity index (χ2v) is 1.07. The van der Waals surface area contributed by atoms with Gasteiger partial charge in [0.25, 0.3) is 0 Å². The molecular weight excluding hydrogens is 256 g/mol. The first-order valence-corrected chi connectivity index (χ1v) is 1.39. The van der Waals surface area contributed by atoms with Crippen molar-refractivity contribution in [3.63, 3.8) is 0 Å². The van der Waals surface area contributed by atoms with Gasteiger partial charge in [0, 0.05) is 33.9 Å². The Labute approximate surface area is 50.6 Å². The summed E-state index contributed by atoms with van der Waals surface area (Å²) in [6.07, 6.45) is 0.750. The first-order valence-electron chi connectivity index (χ1n) is 1.39. The van der Waals surface area contributed by atoms with E-state index in [9.17, 15) is 4.79 Å². The third kappa shape index (κ3) is 8.93. The van der Waals surface area contributed by atoms with Crippen LogP contribution in [0.1, 0.15) is 0 Å². The van der Waals surface area contributed by atoms with Gasteiger partial charge in [0.05, 0.1) is 0 Å². The zero-order valence-electron chi connectivity index (χ0n) is 3.79.